The predicted molar refractivity (Wildman–Crippen MR) is 76.1 cm³/mol. The zero-order valence-corrected chi connectivity index (χ0v) is 11.9. The fraction of sp³-hybridized carbons (Fsp3) is 0.400. The highest BCUT2D eigenvalue weighted by atomic mass is 16.3. The number of unbranched alkanes of at least 4 members (excludes halogenated alkanes) is 1. The number of rotatable bonds is 6. The average Bonchev–Trinajstić information content (AvgIpc) is 2.74. The van der Waals surface area contributed by atoms with Gasteiger partial charge >= 0.3 is 0 Å². The molecular weight excluding hydrogens is 272 g/mol. The smallest absolute Gasteiger partial charge is 0.261 e. The molecule has 6 heteroatoms. The van der Waals surface area contributed by atoms with Gasteiger partial charge in [-0.05, 0) is 24.6 Å². The number of hydrogen-bond donors (Lipinski definition) is 2. The van der Waals surface area contributed by atoms with E-state index in [1.54, 1.807) is 0 Å². The van der Waals surface area contributed by atoms with Gasteiger partial charge in [0.25, 0.3) is 17.7 Å². The van der Waals surface area contributed by atoms with Crippen LogP contribution in [0.1, 0.15) is 50.8 Å². The first-order chi connectivity index (χ1) is 10.1. The maximum absolute atomic E-state index is 12.2. The summed E-state index contributed by atoms with van der Waals surface area (Å²) < 4.78 is 0. The Morgan fingerprint density at radius 3 is 2.62 bits per heavy atom. The molecule has 0 spiro atoms. The molecule has 0 fully saturated rings. The van der Waals surface area contributed by atoms with E-state index in [1.165, 1.54) is 23.1 Å². The van der Waals surface area contributed by atoms with Gasteiger partial charge in [-0.1, -0.05) is 13.3 Å². The molecule has 2 rings (SSSR count). The fourth-order valence-corrected chi connectivity index (χ4v) is 2.22. The van der Waals surface area contributed by atoms with E-state index >= 15 is 0 Å². The van der Waals surface area contributed by atoms with E-state index in [9.17, 15) is 14.4 Å². The minimum Gasteiger partial charge on any atom is -0.395 e. The molecule has 1 aliphatic heterocycles. The van der Waals surface area contributed by atoms with E-state index in [-0.39, 0.29) is 36.4 Å². The number of nitrogens with one attached hydrogen (secondary N) is 1. The Morgan fingerprint density at radius 2 is 1.95 bits per heavy atom. The van der Waals surface area contributed by atoms with Crippen molar-refractivity contribution in [3.63, 3.8) is 0 Å². The molecular formula is C15H18N2O4. The summed E-state index contributed by atoms with van der Waals surface area (Å²) in [6.45, 7) is 2.38. The third-order valence-corrected chi connectivity index (χ3v) is 3.37. The first-order valence-corrected chi connectivity index (χ1v) is 6.99. The van der Waals surface area contributed by atoms with Crippen LogP contribution in [0.2, 0.25) is 0 Å². The van der Waals surface area contributed by atoms with Gasteiger partial charge in [-0.15, -0.1) is 0 Å². The quantitative estimate of drug-likeness (QED) is 0.759. The molecule has 0 saturated carbocycles. The molecule has 1 aromatic carbocycles. The maximum Gasteiger partial charge on any atom is 0.261 e. The van der Waals surface area contributed by atoms with Crippen molar-refractivity contribution >= 4 is 17.7 Å². The Morgan fingerprint density at radius 1 is 1.24 bits per heavy atom. The van der Waals surface area contributed by atoms with Gasteiger partial charge in [-0.2, -0.15) is 0 Å². The molecule has 112 valence electrons. The van der Waals surface area contributed by atoms with Gasteiger partial charge in [0, 0.05) is 18.7 Å². The van der Waals surface area contributed by atoms with Crippen molar-refractivity contribution < 1.29 is 19.5 Å². The zero-order chi connectivity index (χ0) is 15.4. The molecule has 0 radical (unpaired) electrons. The number of benzene rings is 1. The summed E-state index contributed by atoms with van der Waals surface area (Å²) >= 11 is 0. The summed E-state index contributed by atoms with van der Waals surface area (Å²) in [5.74, 6) is -1.02. The van der Waals surface area contributed by atoms with Gasteiger partial charge in [-0.3, -0.25) is 19.3 Å². The van der Waals surface area contributed by atoms with Crippen molar-refractivity contribution in [1.29, 1.82) is 0 Å². The summed E-state index contributed by atoms with van der Waals surface area (Å²) in [6, 6.07) is 4.46. The van der Waals surface area contributed by atoms with Crippen LogP contribution in [-0.2, 0) is 0 Å². The zero-order valence-electron chi connectivity index (χ0n) is 11.9. The van der Waals surface area contributed by atoms with Crippen LogP contribution >= 0.6 is 0 Å². The molecule has 0 saturated heterocycles. The van der Waals surface area contributed by atoms with Crippen molar-refractivity contribution in [2.75, 3.05) is 19.7 Å². The highest BCUT2D eigenvalue weighted by molar-refractivity contribution is 6.22. The summed E-state index contributed by atoms with van der Waals surface area (Å²) in [5.41, 5.74) is 0.920. The minimum atomic E-state index is -0.376. The van der Waals surface area contributed by atoms with Gasteiger partial charge in [0.2, 0.25) is 0 Å². The van der Waals surface area contributed by atoms with Gasteiger partial charge in [-0.25, -0.2) is 0 Å². The van der Waals surface area contributed by atoms with E-state index in [4.69, 9.17) is 5.11 Å². The number of aliphatic hydroxyl groups is 1. The second-order valence-corrected chi connectivity index (χ2v) is 4.86. The lowest BCUT2D eigenvalue weighted by atomic mass is 10.1. The third-order valence-electron chi connectivity index (χ3n) is 3.37. The number of aliphatic hydroxyl groups excluding tert-OH is 1. The number of fused-ring (bicyclic) bond motifs is 1. The van der Waals surface area contributed by atoms with E-state index in [2.05, 4.69) is 5.32 Å². The van der Waals surface area contributed by atoms with Crippen LogP contribution < -0.4 is 5.32 Å². The monoisotopic (exact) mass is 290 g/mol. The number of amides is 3. The molecule has 0 unspecified atom stereocenters. The van der Waals surface area contributed by atoms with E-state index in [1.807, 2.05) is 6.92 Å². The van der Waals surface area contributed by atoms with Gasteiger partial charge in [0.05, 0.1) is 17.7 Å². The summed E-state index contributed by atoms with van der Waals surface area (Å²) in [5, 5.41) is 11.2. The molecule has 6 nitrogen and oxygen atoms in total. The van der Waals surface area contributed by atoms with E-state index in [0.717, 1.165) is 12.8 Å². The highest BCUT2D eigenvalue weighted by Crippen LogP contribution is 2.24. The lowest BCUT2D eigenvalue weighted by Crippen LogP contribution is -2.30. The number of hydrogen-bond acceptors (Lipinski definition) is 4. The molecule has 0 aromatic heterocycles. The summed E-state index contributed by atoms with van der Waals surface area (Å²) in [6.07, 6.45) is 1.65. The first kappa shape index (κ1) is 15.2. The summed E-state index contributed by atoms with van der Waals surface area (Å²) in [4.78, 5) is 37.4. The molecule has 21 heavy (non-hydrogen) atoms. The minimum absolute atomic E-state index is 0.144. The molecule has 1 aromatic rings. The second-order valence-electron chi connectivity index (χ2n) is 4.86. The van der Waals surface area contributed by atoms with Gasteiger partial charge in [0.15, 0.2) is 0 Å². The second kappa shape index (κ2) is 6.49. The fourth-order valence-electron chi connectivity index (χ4n) is 2.22. The highest BCUT2D eigenvalue weighted by Gasteiger charge is 2.35. The number of carbonyl (C=O) groups is 3. The molecule has 1 aliphatic rings. The predicted octanol–water partition coefficient (Wildman–Crippen LogP) is 0.805. The van der Waals surface area contributed by atoms with Gasteiger partial charge < -0.3 is 10.4 Å². The first-order valence-electron chi connectivity index (χ1n) is 6.99. The molecule has 3 amide bonds. The van der Waals surface area contributed by atoms with Crippen molar-refractivity contribution in [2.24, 2.45) is 0 Å². The Bertz CT molecular complexity index is 583. The Labute approximate surface area is 122 Å². The van der Waals surface area contributed by atoms with Crippen LogP contribution in [-0.4, -0.2) is 47.4 Å². The molecule has 2 N–H and O–H groups in total. The van der Waals surface area contributed by atoms with Crippen LogP contribution in [0.4, 0.5) is 0 Å². The largest absolute Gasteiger partial charge is 0.395 e. The van der Waals surface area contributed by atoms with E-state index < -0.39 is 0 Å². The maximum atomic E-state index is 12.2. The van der Waals surface area contributed by atoms with Crippen LogP contribution in [0, 0.1) is 0 Å². The van der Waals surface area contributed by atoms with Crippen molar-refractivity contribution in [3.05, 3.63) is 34.9 Å². The number of imide groups is 1. The average molecular weight is 290 g/mol. The molecule has 0 bridgehead atoms. The molecule has 1 heterocycles. The topological polar surface area (TPSA) is 86.7 Å². The molecule has 0 atom stereocenters. The Hall–Kier alpha value is -2.21. The van der Waals surface area contributed by atoms with Crippen LogP contribution in [0.15, 0.2) is 18.2 Å². The van der Waals surface area contributed by atoms with Crippen molar-refractivity contribution in [3.8, 4) is 0 Å². The van der Waals surface area contributed by atoms with Crippen LogP contribution in [0.3, 0.4) is 0 Å². The molecule has 0 aliphatic carbocycles. The standard InChI is InChI=1S/C15H18N2O4/c1-2-3-7-17-14(20)11-5-4-10(9-12(11)15(17)21)13(19)16-6-8-18/h4-5,9,18H,2-3,6-8H2,1H3,(H,16,19). The van der Waals surface area contributed by atoms with Crippen molar-refractivity contribution in [2.45, 2.75) is 19.8 Å². The lowest BCUT2D eigenvalue weighted by molar-refractivity contribution is 0.0652. The normalized spacial score (nSPS) is 13.5. The lowest BCUT2D eigenvalue weighted by Gasteiger charge is -2.12. The third kappa shape index (κ3) is 2.95. The Balaban J connectivity index is 2.23. The van der Waals surface area contributed by atoms with Crippen LogP contribution in [0.25, 0.3) is 0 Å². The SMILES string of the molecule is CCCCN1C(=O)c2ccc(C(=O)NCCO)cc2C1=O. The van der Waals surface area contributed by atoms with Gasteiger partial charge in [0.1, 0.15) is 0 Å². The number of nitrogens with zero attached hydrogens (tertiary/aromatic N) is 1. The van der Waals surface area contributed by atoms with Crippen LogP contribution in [0.5, 0.6) is 0 Å². The summed E-state index contributed by atoms with van der Waals surface area (Å²) in [7, 11) is 0. The number of carbonyl (C=O) groups excluding carboxylic acids is 3. The van der Waals surface area contributed by atoms with E-state index in [0.29, 0.717) is 17.7 Å². The van der Waals surface area contributed by atoms with Crippen molar-refractivity contribution in [1.82, 2.24) is 10.2 Å². The Kier molecular flexibility index (Phi) is 4.70.